The third kappa shape index (κ3) is 4.78. The molecule has 2 aromatic heterocycles. The maximum atomic E-state index is 12.5. The number of primary amides is 1. The summed E-state index contributed by atoms with van der Waals surface area (Å²) in [6.45, 7) is 5.05. The molecule has 1 aliphatic carbocycles. The standard InChI is InChI=1S/C18H23N5O4S2/c1-8(2)27-17(26)12-9(3)13(14(19)25)29-16(12)20-11(24)7-28-18-22-21-15(23(18)4)10-5-6-10/h8,10H,5-7H2,1-4H3,(H2,19,25)(H,20,24). The molecule has 9 nitrogen and oxygen atoms in total. The van der Waals surface area contributed by atoms with Crippen molar-refractivity contribution in [1.82, 2.24) is 14.8 Å². The maximum absolute atomic E-state index is 12.5. The zero-order valence-electron chi connectivity index (χ0n) is 16.6. The van der Waals surface area contributed by atoms with E-state index >= 15 is 0 Å². The molecule has 0 aromatic carbocycles. The van der Waals surface area contributed by atoms with Gasteiger partial charge in [0.1, 0.15) is 10.8 Å². The molecule has 2 heterocycles. The molecule has 0 atom stereocenters. The van der Waals surface area contributed by atoms with Crippen LogP contribution in [0.25, 0.3) is 0 Å². The third-order valence-corrected chi connectivity index (χ3v) is 6.56. The van der Waals surface area contributed by atoms with Crippen LogP contribution in [-0.2, 0) is 16.6 Å². The van der Waals surface area contributed by atoms with Crippen LogP contribution in [0.3, 0.4) is 0 Å². The topological polar surface area (TPSA) is 129 Å². The summed E-state index contributed by atoms with van der Waals surface area (Å²) in [5, 5.41) is 11.9. The van der Waals surface area contributed by atoms with Gasteiger partial charge in [0.15, 0.2) is 5.16 Å². The fourth-order valence-corrected chi connectivity index (χ4v) is 4.58. The van der Waals surface area contributed by atoms with Gasteiger partial charge in [-0.1, -0.05) is 11.8 Å². The van der Waals surface area contributed by atoms with Crippen molar-refractivity contribution >= 4 is 45.9 Å². The number of nitrogens with two attached hydrogens (primary N) is 1. The van der Waals surface area contributed by atoms with E-state index in [-0.39, 0.29) is 33.2 Å². The zero-order chi connectivity index (χ0) is 21.3. The first kappa shape index (κ1) is 21.3. The highest BCUT2D eigenvalue weighted by Gasteiger charge is 2.30. The molecule has 2 amide bonds. The van der Waals surface area contributed by atoms with E-state index in [1.54, 1.807) is 20.8 Å². The van der Waals surface area contributed by atoms with E-state index in [0.717, 1.165) is 30.0 Å². The predicted octanol–water partition coefficient (Wildman–Crippen LogP) is 2.46. The first-order valence-electron chi connectivity index (χ1n) is 9.15. The van der Waals surface area contributed by atoms with Gasteiger partial charge in [-0.2, -0.15) is 0 Å². The van der Waals surface area contributed by atoms with E-state index in [0.29, 0.717) is 16.6 Å². The number of aromatic nitrogens is 3. The van der Waals surface area contributed by atoms with Crippen molar-refractivity contribution < 1.29 is 19.1 Å². The highest BCUT2D eigenvalue weighted by molar-refractivity contribution is 7.99. The molecule has 0 aliphatic heterocycles. The van der Waals surface area contributed by atoms with Gasteiger partial charge in [0.2, 0.25) is 5.91 Å². The van der Waals surface area contributed by atoms with Crippen LogP contribution in [-0.4, -0.2) is 44.4 Å². The fourth-order valence-electron chi connectivity index (χ4n) is 2.80. The number of nitrogens with one attached hydrogen (secondary N) is 1. The van der Waals surface area contributed by atoms with Crippen LogP contribution in [0.1, 0.15) is 64.0 Å². The molecule has 1 fully saturated rings. The summed E-state index contributed by atoms with van der Waals surface area (Å²) in [7, 11) is 1.88. The molecule has 0 unspecified atom stereocenters. The Morgan fingerprint density at radius 3 is 2.62 bits per heavy atom. The molecule has 1 saturated carbocycles. The molecular formula is C18H23N5O4S2. The summed E-state index contributed by atoms with van der Waals surface area (Å²) in [5.74, 6) is -0.114. The van der Waals surface area contributed by atoms with E-state index in [4.69, 9.17) is 10.5 Å². The number of ether oxygens (including phenoxy) is 1. The van der Waals surface area contributed by atoms with Gasteiger partial charge in [0, 0.05) is 13.0 Å². The summed E-state index contributed by atoms with van der Waals surface area (Å²) >= 11 is 2.23. The largest absolute Gasteiger partial charge is 0.459 e. The first-order valence-corrected chi connectivity index (χ1v) is 10.9. The lowest BCUT2D eigenvalue weighted by molar-refractivity contribution is -0.113. The summed E-state index contributed by atoms with van der Waals surface area (Å²) in [6.07, 6.45) is 1.90. The third-order valence-electron chi connectivity index (χ3n) is 4.31. The molecule has 11 heteroatoms. The van der Waals surface area contributed by atoms with Crippen molar-refractivity contribution in [3.05, 3.63) is 21.8 Å². The monoisotopic (exact) mass is 437 g/mol. The van der Waals surface area contributed by atoms with Crippen molar-refractivity contribution in [3.8, 4) is 0 Å². The number of hydrogen-bond donors (Lipinski definition) is 2. The minimum absolute atomic E-state index is 0.0815. The van der Waals surface area contributed by atoms with Gasteiger partial charge in [-0.25, -0.2) is 4.79 Å². The molecule has 0 bridgehead atoms. The number of esters is 1. The van der Waals surface area contributed by atoms with Crippen LogP contribution in [0, 0.1) is 6.92 Å². The van der Waals surface area contributed by atoms with Gasteiger partial charge in [0.25, 0.3) is 5.91 Å². The second-order valence-electron chi connectivity index (χ2n) is 7.09. The molecular weight excluding hydrogens is 414 g/mol. The smallest absolute Gasteiger partial charge is 0.341 e. The lowest BCUT2D eigenvalue weighted by atomic mass is 10.1. The molecule has 0 spiro atoms. The fraction of sp³-hybridized carbons (Fsp3) is 0.500. The molecule has 1 aliphatic rings. The Kier molecular flexibility index (Phi) is 6.27. The Labute approximate surface area is 176 Å². The highest BCUT2D eigenvalue weighted by Crippen LogP contribution is 2.39. The van der Waals surface area contributed by atoms with Crippen LogP contribution < -0.4 is 11.1 Å². The van der Waals surface area contributed by atoms with Crippen molar-refractivity contribution in [3.63, 3.8) is 0 Å². The zero-order valence-corrected chi connectivity index (χ0v) is 18.3. The van der Waals surface area contributed by atoms with Gasteiger partial charge in [-0.3, -0.25) is 9.59 Å². The Morgan fingerprint density at radius 2 is 2.03 bits per heavy atom. The summed E-state index contributed by atoms with van der Waals surface area (Å²) < 4.78 is 7.15. The number of hydrogen-bond acceptors (Lipinski definition) is 8. The number of carbonyl (C=O) groups excluding carboxylic acids is 3. The predicted molar refractivity (Wildman–Crippen MR) is 110 cm³/mol. The number of thiophene rings is 1. The van der Waals surface area contributed by atoms with Crippen molar-refractivity contribution in [2.45, 2.75) is 50.8 Å². The van der Waals surface area contributed by atoms with Crippen LogP contribution in [0.15, 0.2) is 5.16 Å². The van der Waals surface area contributed by atoms with Gasteiger partial charge in [-0.15, -0.1) is 21.5 Å². The lowest BCUT2D eigenvalue weighted by Crippen LogP contribution is -2.18. The Morgan fingerprint density at radius 1 is 1.34 bits per heavy atom. The molecule has 156 valence electrons. The lowest BCUT2D eigenvalue weighted by Gasteiger charge is -2.10. The average Bonchev–Trinajstić information content (AvgIpc) is 3.32. The molecule has 2 aromatic rings. The van der Waals surface area contributed by atoms with Crippen LogP contribution in [0.5, 0.6) is 0 Å². The molecule has 3 N–H and O–H groups in total. The van der Waals surface area contributed by atoms with Crippen LogP contribution >= 0.6 is 23.1 Å². The number of amides is 2. The maximum Gasteiger partial charge on any atom is 0.341 e. The number of rotatable bonds is 8. The number of anilines is 1. The van der Waals surface area contributed by atoms with Gasteiger partial charge >= 0.3 is 5.97 Å². The second kappa shape index (κ2) is 8.54. The van der Waals surface area contributed by atoms with E-state index < -0.39 is 11.9 Å². The Bertz CT molecular complexity index is 962. The minimum atomic E-state index is -0.660. The molecule has 0 saturated heterocycles. The normalized spacial score (nSPS) is 13.6. The summed E-state index contributed by atoms with van der Waals surface area (Å²) in [4.78, 5) is 36.8. The number of thioether (sulfide) groups is 1. The SMILES string of the molecule is Cc1c(C(N)=O)sc(NC(=O)CSc2nnc(C3CC3)n2C)c1C(=O)OC(C)C. The van der Waals surface area contributed by atoms with Crippen molar-refractivity contribution in [2.75, 3.05) is 11.1 Å². The van der Waals surface area contributed by atoms with E-state index in [2.05, 4.69) is 15.5 Å². The average molecular weight is 438 g/mol. The van der Waals surface area contributed by atoms with Crippen LogP contribution in [0.4, 0.5) is 5.00 Å². The van der Waals surface area contributed by atoms with Gasteiger partial charge in [-0.05, 0) is 39.2 Å². The molecule has 29 heavy (non-hydrogen) atoms. The van der Waals surface area contributed by atoms with Gasteiger partial charge < -0.3 is 20.4 Å². The van der Waals surface area contributed by atoms with Gasteiger partial charge in [0.05, 0.1) is 22.3 Å². The van der Waals surface area contributed by atoms with Crippen LogP contribution in [0.2, 0.25) is 0 Å². The number of nitrogens with zero attached hydrogens (tertiary/aromatic N) is 3. The first-order chi connectivity index (χ1) is 13.7. The van der Waals surface area contributed by atoms with Crippen molar-refractivity contribution in [2.24, 2.45) is 12.8 Å². The van der Waals surface area contributed by atoms with E-state index in [9.17, 15) is 14.4 Å². The summed E-state index contributed by atoms with van der Waals surface area (Å²) in [6, 6.07) is 0. The Hall–Kier alpha value is -2.40. The Balaban J connectivity index is 1.72. The quantitative estimate of drug-likeness (QED) is 0.479. The highest BCUT2D eigenvalue weighted by atomic mass is 32.2. The minimum Gasteiger partial charge on any atom is -0.459 e. The van der Waals surface area contributed by atoms with E-state index in [1.165, 1.54) is 11.8 Å². The summed E-state index contributed by atoms with van der Waals surface area (Å²) in [5.41, 5.74) is 5.96. The molecule has 0 radical (unpaired) electrons. The number of carbonyl (C=O) groups is 3. The van der Waals surface area contributed by atoms with Crippen molar-refractivity contribution in [1.29, 1.82) is 0 Å². The second-order valence-corrected chi connectivity index (χ2v) is 9.05. The van der Waals surface area contributed by atoms with E-state index in [1.807, 2.05) is 11.6 Å². The molecule has 3 rings (SSSR count).